The normalized spacial score (nSPS) is 10.7. The highest BCUT2D eigenvalue weighted by atomic mass is 16.5. The van der Waals surface area contributed by atoms with E-state index in [1.165, 1.54) is 13.4 Å². The Kier molecular flexibility index (Phi) is 4.65. The first-order chi connectivity index (χ1) is 11.7. The number of rotatable bonds is 6. The molecule has 0 bridgehead atoms. The summed E-state index contributed by atoms with van der Waals surface area (Å²) >= 11 is 0. The van der Waals surface area contributed by atoms with Crippen LogP contribution in [0.3, 0.4) is 0 Å². The average molecular weight is 326 g/mol. The Hall–Kier alpha value is -3.02. The van der Waals surface area contributed by atoms with Crippen LogP contribution in [-0.2, 0) is 22.5 Å². The molecule has 0 aliphatic heterocycles. The standard InChI is InChI=1S/C18H18N2O4/c1-23-18(22)15-11-16-14(8-10-24-16)20(15)12-17(21)19-9-7-13-5-3-2-4-6-13/h2-6,8,10-11H,7,9,12H2,1H3,(H,19,21). The Bertz CT molecular complexity index is 848. The molecular weight excluding hydrogens is 308 g/mol. The summed E-state index contributed by atoms with van der Waals surface area (Å²) < 4.78 is 11.7. The molecule has 2 aromatic heterocycles. The van der Waals surface area contributed by atoms with Crippen molar-refractivity contribution in [2.75, 3.05) is 13.7 Å². The van der Waals surface area contributed by atoms with Crippen LogP contribution in [0.25, 0.3) is 11.1 Å². The third kappa shape index (κ3) is 3.32. The minimum absolute atomic E-state index is 0.0300. The molecule has 3 rings (SSSR count). The van der Waals surface area contributed by atoms with Gasteiger partial charge in [0.25, 0.3) is 0 Å². The van der Waals surface area contributed by atoms with Crippen molar-refractivity contribution in [3.8, 4) is 0 Å². The Balaban J connectivity index is 1.66. The summed E-state index contributed by atoms with van der Waals surface area (Å²) in [6.45, 7) is 0.564. The number of fused-ring (bicyclic) bond motifs is 1. The number of furan rings is 1. The molecule has 2 heterocycles. The van der Waals surface area contributed by atoms with E-state index in [4.69, 9.17) is 9.15 Å². The summed E-state index contributed by atoms with van der Waals surface area (Å²) in [7, 11) is 1.31. The molecule has 0 aliphatic rings. The number of methoxy groups -OCH3 is 1. The lowest BCUT2D eigenvalue weighted by atomic mass is 10.1. The van der Waals surface area contributed by atoms with Crippen molar-refractivity contribution in [1.29, 1.82) is 0 Å². The number of benzene rings is 1. The maximum Gasteiger partial charge on any atom is 0.354 e. The summed E-state index contributed by atoms with van der Waals surface area (Å²) in [5.41, 5.74) is 2.69. The number of hydrogen-bond donors (Lipinski definition) is 1. The van der Waals surface area contributed by atoms with E-state index < -0.39 is 5.97 Å². The van der Waals surface area contributed by atoms with Gasteiger partial charge in [-0.1, -0.05) is 30.3 Å². The van der Waals surface area contributed by atoms with Crippen LogP contribution in [0.4, 0.5) is 0 Å². The predicted molar refractivity (Wildman–Crippen MR) is 88.7 cm³/mol. The first-order valence-corrected chi connectivity index (χ1v) is 7.64. The van der Waals surface area contributed by atoms with E-state index in [9.17, 15) is 9.59 Å². The van der Waals surface area contributed by atoms with Crippen molar-refractivity contribution in [2.45, 2.75) is 13.0 Å². The number of nitrogens with zero attached hydrogens (tertiary/aromatic N) is 1. The number of carbonyl (C=O) groups is 2. The molecule has 1 N–H and O–H groups in total. The minimum atomic E-state index is -0.501. The zero-order valence-corrected chi connectivity index (χ0v) is 13.3. The fourth-order valence-electron chi connectivity index (χ4n) is 2.61. The molecule has 24 heavy (non-hydrogen) atoms. The molecule has 1 aromatic carbocycles. The second kappa shape index (κ2) is 7.04. The molecule has 0 saturated heterocycles. The summed E-state index contributed by atoms with van der Waals surface area (Å²) in [6.07, 6.45) is 2.28. The molecule has 6 nitrogen and oxygen atoms in total. The minimum Gasteiger partial charge on any atom is -0.464 e. The van der Waals surface area contributed by atoms with Crippen molar-refractivity contribution in [2.24, 2.45) is 0 Å². The van der Waals surface area contributed by atoms with Gasteiger partial charge in [-0.25, -0.2) is 4.79 Å². The monoisotopic (exact) mass is 326 g/mol. The maximum atomic E-state index is 12.2. The van der Waals surface area contributed by atoms with Crippen molar-refractivity contribution in [3.63, 3.8) is 0 Å². The molecule has 124 valence electrons. The van der Waals surface area contributed by atoms with Gasteiger partial charge in [0.1, 0.15) is 12.2 Å². The topological polar surface area (TPSA) is 73.5 Å². The Morgan fingerprint density at radius 3 is 2.75 bits per heavy atom. The average Bonchev–Trinajstić information content (AvgIpc) is 3.18. The highest BCUT2D eigenvalue weighted by molar-refractivity contribution is 5.95. The SMILES string of the molecule is COC(=O)c1cc2occc2n1CC(=O)NCCc1ccccc1. The van der Waals surface area contributed by atoms with Crippen LogP contribution in [0.1, 0.15) is 16.1 Å². The predicted octanol–water partition coefficient (Wildman–Crippen LogP) is 2.38. The molecule has 0 aliphatic carbocycles. The lowest BCUT2D eigenvalue weighted by Gasteiger charge is -2.09. The van der Waals surface area contributed by atoms with Gasteiger partial charge in [-0.2, -0.15) is 0 Å². The van der Waals surface area contributed by atoms with Crippen LogP contribution in [-0.4, -0.2) is 30.1 Å². The van der Waals surface area contributed by atoms with Gasteiger partial charge in [-0.05, 0) is 12.0 Å². The molecule has 0 saturated carbocycles. The second-order valence-corrected chi connectivity index (χ2v) is 5.36. The van der Waals surface area contributed by atoms with Crippen molar-refractivity contribution in [1.82, 2.24) is 9.88 Å². The number of amides is 1. The number of ether oxygens (including phenoxy) is 1. The molecular formula is C18H18N2O4. The Morgan fingerprint density at radius 2 is 2.00 bits per heavy atom. The van der Waals surface area contributed by atoms with E-state index in [1.54, 1.807) is 16.7 Å². The van der Waals surface area contributed by atoms with E-state index in [0.29, 0.717) is 23.3 Å². The fraction of sp³-hybridized carbons (Fsp3) is 0.222. The number of hydrogen-bond acceptors (Lipinski definition) is 4. The van der Waals surface area contributed by atoms with E-state index >= 15 is 0 Å². The highest BCUT2D eigenvalue weighted by Gasteiger charge is 2.19. The molecule has 0 spiro atoms. The number of carbonyl (C=O) groups excluding carboxylic acids is 2. The Labute approximate surface area is 139 Å². The van der Waals surface area contributed by atoms with E-state index in [0.717, 1.165) is 12.0 Å². The van der Waals surface area contributed by atoms with Gasteiger partial charge in [-0.15, -0.1) is 0 Å². The Morgan fingerprint density at radius 1 is 1.21 bits per heavy atom. The maximum absolute atomic E-state index is 12.2. The first-order valence-electron chi connectivity index (χ1n) is 7.64. The lowest BCUT2D eigenvalue weighted by molar-refractivity contribution is -0.121. The van der Waals surface area contributed by atoms with E-state index in [2.05, 4.69) is 5.32 Å². The summed E-state index contributed by atoms with van der Waals surface area (Å²) in [6, 6.07) is 13.2. The largest absolute Gasteiger partial charge is 0.464 e. The van der Waals surface area contributed by atoms with Gasteiger partial charge >= 0.3 is 5.97 Å². The molecule has 0 radical (unpaired) electrons. The van der Waals surface area contributed by atoms with Crippen molar-refractivity contribution < 1.29 is 18.7 Å². The van der Waals surface area contributed by atoms with Crippen molar-refractivity contribution in [3.05, 3.63) is 60.0 Å². The number of esters is 1. The molecule has 1 amide bonds. The summed E-state index contributed by atoms with van der Waals surface area (Å²) in [5.74, 6) is -0.673. The summed E-state index contributed by atoms with van der Waals surface area (Å²) in [4.78, 5) is 24.1. The van der Waals surface area contributed by atoms with Crippen LogP contribution in [0.2, 0.25) is 0 Å². The lowest BCUT2D eigenvalue weighted by Crippen LogP contribution is -2.30. The van der Waals surface area contributed by atoms with Crippen LogP contribution < -0.4 is 5.32 Å². The van der Waals surface area contributed by atoms with Gasteiger partial charge in [0, 0.05) is 18.7 Å². The number of aromatic nitrogens is 1. The summed E-state index contributed by atoms with van der Waals surface area (Å²) in [5, 5.41) is 2.87. The van der Waals surface area contributed by atoms with Crippen LogP contribution >= 0.6 is 0 Å². The molecule has 0 unspecified atom stereocenters. The number of nitrogens with one attached hydrogen (secondary N) is 1. The fourth-order valence-corrected chi connectivity index (χ4v) is 2.61. The third-order valence-corrected chi connectivity index (χ3v) is 3.80. The molecule has 0 atom stereocenters. The molecule has 0 fully saturated rings. The van der Waals surface area contributed by atoms with Crippen LogP contribution in [0, 0.1) is 0 Å². The zero-order chi connectivity index (χ0) is 16.9. The van der Waals surface area contributed by atoms with Gasteiger partial charge in [0.05, 0.1) is 18.9 Å². The quantitative estimate of drug-likeness (QED) is 0.706. The van der Waals surface area contributed by atoms with Crippen LogP contribution in [0.5, 0.6) is 0 Å². The van der Waals surface area contributed by atoms with Gasteiger partial charge < -0.3 is 19.0 Å². The van der Waals surface area contributed by atoms with Gasteiger partial charge in [0.2, 0.25) is 5.91 Å². The second-order valence-electron chi connectivity index (χ2n) is 5.36. The first kappa shape index (κ1) is 15.9. The zero-order valence-electron chi connectivity index (χ0n) is 13.3. The molecule has 6 heteroatoms. The smallest absolute Gasteiger partial charge is 0.354 e. The van der Waals surface area contributed by atoms with E-state index in [-0.39, 0.29) is 12.5 Å². The van der Waals surface area contributed by atoms with E-state index in [1.807, 2.05) is 30.3 Å². The molecule has 3 aromatic rings. The highest BCUT2D eigenvalue weighted by Crippen LogP contribution is 2.21. The third-order valence-electron chi connectivity index (χ3n) is 3.80. The van der Waals surface area contributed by atoms with Gasteiger partial charge in [0.15, 0.2) is 5.58 Å². The van der Waals surface area contributed by atoms with Crippen LogP contribution in [0.15, 0.2) is 53.1 Å². The van der Waals surface area contributed by atoms with Crippen molar-refractivity contribution >= 4 is 23.0 Å². The van der Waals surface area contributed by atoms with Gasteiger partial charge in [-0.3, -0.25) is 4.79 Å².